The van der Waals surface area contributed by atoms with Gasteiger partial charge in [-0.15, -0.1) is 11.3 Å². The molecule has 2 rings (SSSR count). The average molecular weight is 222 g/mol. The Morgan fingerprint density at radius 2 is 2.33 bits per heavy atom. The number of carboxylic acids is 1. The van der Waals surface area contributed by atoms with E-state index in [9.17, 15) is 4.79 Å². The molecule has 5 heteroatoms. The fourth-order valence-corrected chi connectivity index (χ4v) is 2.12. The van der Waals surface area contributed by atoms with Crippen molar-refractivity contribution in [2.45, 2.75) is 13.5 Å². The van der Waals surface area contributed by atoms with E-state index in [1.807, 2.05) is 23.7 Å². The van der Waals surface area contributed by atoms with Crippen molar-refractivity contribution in [3.8, 4) is 0 Å². The maximum absolute atomic E-state index is 10.7. The summed E-state index contributed by atoms with van der Waals surface area (Å²) in [7, 11) is 0. The van der Waals surface area contributed by atoms with Gasteiger partial charge in [-0.1, -0.05) is 0 Å². The summed E-state index contributed by atoms with van der Waals surface area (Å²) < 4.78 is 1.84. The second-order valence-corrected chi connectivity index (χ2v) is 4.37. The van der Waals surface area contributed by atoms with Gasteiger partial charge < -0.3 is 5.11 Å². The molecule has 0 bridgehead atoms. The molecule has 2 aromatic heterocycles. The van der Waals surface area contributed by atoms with Crippen LogP contribution in [0.25, 0.3) is 0 Å². The van der Waals surface area contributed by atoms with E-state index in [4.69, 9.17) is 5.11 Å². The molecule has 0 radical (unpaired) electrons. The smallest absolute Gasteiger partial charge is 0.345 e. The van der Waals surface area contributed by atoms with Crippen LogP contribution < -0.4 is 0 Å². The number of carboxylic acid groups (broad SMARTS) is 1. The van der Waals surface area contributed by atoms with Crippen molar-refractivity contribution in [2.24, 2.45) is 0 Å². The van der Waals surface area contributed by atoms with E-state index < -0.39 is 5.97 Å². The molecule has 0 aliphatic carbocycles. The monoisotopic (exact) mass is 222 g/mol. The van der Waals surface area contributed by atoms with Gasteiger partial charge in [-0.05, 0) is 25.1 Å². The highest BCUT2D eigenvalue weighted by Crippen LogP contribution is 2.17. The van der Waals surface area contributed by atoms with Crippen molar-refractivity contribution in [3.63, 3.8) is 0 Å². The Morgan fingerprint density at radius 1 is 1.53 bits per heavy atom. The van der Waals surface area contributed by atoms with Gasteiger partial charge in [0, 0.05) is 16.8 Å². The molecule has 0 amide bonds. The SMILES string of the molecule is Cc1ccnn1Cc1ccc(C(=O)O)s1. The lowest BCUT2D eigenvalue weighted by Gasteiger charge is -2.00. The van der Waals surface area contributed by atoms with E-state index >= 15 is 0 Å². The van der Waals surface area contributed by atoms with Crippen LogP contribution in [0.3, 0.4) is 0 Å². The van der Waals surface area contributed by atoms with E-state index in [1.54, 1.807) is 12.3 Å². The van der Waals surface area contributed by atoms with Crippen molar-refractivity contribution in [1.82, 2.24) is 9.78 Å². The minimum Gasteiger partial charge on any atom is -0.477 e. The van der Waals surface area contributed by atoms with Gasteiger partial charge in [-0.25, -0.2) is 4.79 Å². The van der Waals surface area contributed by atoms with Gasteiger partial charge in [0.1, 0.15) is 4.88 Å². The Balaban J connectivity index is 2.18. The van der Waals surface area contributed by atoms with E-state index in [0.717, 1.165) is 10.6 Å². The van der Waals surface area contributed by atoms with Gasteiger partial charge in [0.25, 0.3) is 0 Å². The van der Waals surface area contributed by atoms with Gasteiger partial charge in [0.05, 0.1) is 6.54 Å². The minimum atomic E-state index is -0.872. The minimum absolute atomic E-state index is 0.370. The summed E-state index contributed by atoms with van der Waals surface area (Å²) in [5.74, 6) is -0.872. The number of hydrogen-bond acceptors (Lipinski definition) is 3. The molecule has 0 unspecified atom stereocenters. The zero-order valence-electron chi connectivity index (χ0n) is 8.17. The van der Waals surface area contributed by atoms with Crippen molar-refractivity contribution in [1.29, 1.82) is 0 Å². The second kappa shape index (κ2) is 3.86. The molecule has 2 heterocycles. The van der Waals surface area contributed by atoms with Crippen LogP contribution in [0, 0.1) is 6.92 Å². The van der Waals surface area contributed by atoms with Crippen molar-refractivity contribution in [2.75, 3.05) is 0 Å². The summed E-state index contributed by atoms with van der Waals surface area (Å²) in [5, 5.41) is 12.9. The third-order valence-electron chi connectivity index (χ3n) is 2.11. The molecule has 78 valence electrons. The molecule has 1 N–H and O–H groups in total. The van der Waals surface area contributed by atoms with Crippen molar-refractivity contribution < 1.29 is 9.90 Å². The molecule has 15 heavy (non-hydrogen) atoms. The lowest BCUT2D eigenvalue weighted by Crippen LogP contribution is -2.01. The van der Waals surface area contributed by atoms with Crippen LogP contribution in [0.1, 0.15) is 20.2 Å². The third kappa shape index (κ3) is 2.07. The number of aromatic carboxylic acids is 1. The molecule has 0 fully saturated rings. The fraction of sp³-hybridized carbons (Fsp3) is 0.200. The van der Waals surface area contributed by atoms with Crippen LogP contribution in [0.4, 0.5) is 0 Å². The van der Waals surface area contributed by atoms with Crippen LogP contribution >= 0.6 is 11.3 Å². The molecule has 2 aromatic rings. The second-order valence-electron chi connectivity index (χ2n) is 3.20. The molecule has 0 saturated heterocycles. The number of hydrogen-bond donors (Lipinski definition) is 1. The lowest BCUT2D eigenvalue weighted by molar-refractivity contribution is 0.0702. The highest BCUT2D eigenvalue weighted by atomic mass is 32.1. The van der Waals surface area contributed by atoms with E-state index in [1.165, 1.54) is 11.3 Å². The molecule has 0 aromatic carbocycles. The number of aryl methyl sites for hydroxylation is 1. The van der Waals surface area contributed by atoms with Gasteiger partial charge in [0.15, 0.2) is 0 Å². The summed E-state index contributed by atoms with van der Waals surface area (Å²) in [5.41, 5.74) is 1.07. The number of carbonyl (C=O) groups is 1. The molecular formula is C10H10N2O2S. The van der Waals surface area contributed by atoms with E-state index in [-0.39, 0.29) is 0 Å². The van der Waals surface area contributed by atoms with Crippen LogP contribution in [0.15, 0.2) is 24.4 Å². The summed E-state index contributed by atoms with van der Waals surface area (Å²) in [6.07, 6.45) is 1.74. The Bertz CT molecular complexity index is 487. The summed E-state index contributed by atoms with van der Waals surface area (Å²) in [4.78, 5) is 12.0. The maximum atomic E-state index is 10.7. The molecule has 0 atom stereocenters. The van der Waals surface area contributed by atoms with E-state index in [0.29, 0.717) is 11.4 Å². The maximum Gasteiger partial charge on any atom is 0.345 e. The summed E-state index contributed by atoms with van der Waals surface area (Å²) in [6.45, 7) is 2.61. The molecule has 0 saturated carbocycles. The molecule has 0 aliphatic heterocycles. The van der Waals surface area contributed by atoms with E-state index in [2.05, 4.69) is 5.10 Å². The number of aromatic nitrogens is 2. The zero-order valence-corrected chi connectivity index (χ0v) is 8.99. The fourth-order valence-electron chi connectivity index (χ4n) is 1.29. The Morgan fingerprint density at radius 3 is 2.87 bits per heavy atom. The van der Waals surface area contributed by atoms with Crippen LogP contribution in [0.2, 0.25) is 0 Å². The first-order valence-electron chi connectivity index (χ1n) is 4.47. The Kier molecular flexibility index (Phi) is 2.55. The normalized spacial score (nSPS) is 10.5. The van der Waals surface area contributed by atoms with Gasteiger partial charge in [0.2, 0.25) is 0 Å². The number of rotatable bonds is 3. The Hall–Kier alpha value is -1.62. The van der Waals surface area contributed by atoms with Crippen LogP contribution in [-0.4, -0.2) is 20.9 Å². The topological polar surface area (TPSA) is 55.1 Å². The molecular weight excluding hydrogens is 212 g/mol. The summed E-state index contributed by atoms with van der Waals surface area (Å²) >= 11 is 1.29. The van der Waals surface area contributed by atoms with Crippen LogP contribution in [-0.2, 0) is 6.54 Å². The lowest BCUT2D eigenvalue weighted by atomic mass is 10.4. The highest BCUT2D eigenvalue weighted by Gasteiger charge is 2.07. The van der Waals surface area contributed by atoms with Gasteiger partial charge >= 0.3 is 5.97 Å². The standard InChI is InChI=1S/C10H10N2O2S/c1-7-4-5-11-12(7)6-8-2-3-9(15-8)10(13)14/h2-5H,6H2,1H3,(H,13,14). The summed E-state index contributed by atoms with van der Waals surface area (Å²) in [6, 6.07) is 5.38. The average Bonchev–Trinajstić information content (AvgIpc) is 2.77. The quantitative estimate of drug-likeness (QED) is 0.864. The first-order valence-corrected chi connectivity index (χ1v) is 5.29. The first-order chi connectivity index (χ1) is 7.16. The van der Waals surface area contributed by atoms with Crippen molar-refractivity contribution >= 4 is 17.3 Å². The predicted octanol–water partition coefficient (Wildman–Crippen LogP) is 2.00. The van der Waals surface area contributed by atoms with Gasteiger partial charge in [-0.3, -0.25) is 4.68 Å². The Labute approximate surface area is 90.8 Å². The molecule has 0 aliphatic rings. The number of thiophene rings is 1. The predicted molar refractivity (Wildman–Crippen MR) is 57.3 cm³/mol. The van der Waals surface area contributed by atoms with Crippen molar-refractivity contribution in [3.05, 3.63) is 39.8 Å². The molecule has 0 spiro atoms. The third-order valence-corrected chi connectivity index (χ3v) is 3.16. The van der Waals surface area contributed by atoms with Gasteiger partial charge in [-0.2, -0.15) is 5.10 Å². The highest BCUT2D eigenvalue weighted by molar-refractivity contribution is 7.13. The molecule has 4 nitrogen and oxygen atoms in total. The zero-order chi connectivity index (χ0) is 10.8. The largest absolute Gasteiger partial charge is 0.477 e. The first kappa shape index (κ1) is 9.92. The number of nitrogens with zero attached hydrogens (tertiary/aromatic N) is 2. The van der Waals surface area contributed by atoms with Crippen LogP contribution in [0.5, 0.6) is 0 Å².